The normalized spacial score (nSPS) is 16.7. The van der Waals surface area contributed by atoms with Gasteiger partial charge in [0.1, 0.15) is 0 Å². The maximum Gasteiger partial charge on any atom is 0.294 e. The number of Topliss-reactive ketones (excluding diaryl/α,β-unsaturated/α-hetero) is 1. The maximum absolute atomic E-state index is 13.0. The predicted octanol–water partition coefficient (Wildman–Crippen LogP) is 4.11. The van der Waals surface area contributed by atoms with Gasteiger partial charge in [0.2, 0.25) is 0 Å². The number of para-hydroxylation sites is 1. The number of carbonyl (C=O) groups excluding carboxylic acids is 2. The van der Waals surface area contributed by atoms with Crippen molar-refractivity contribution in [3.05, 3.63) is 71.6 Å². The van der Waals surface area contributed by atoms with Crippen molar-refractivity contribution in [3.63, 3.8) is 0 Å². The first-order valence-corrected chi connectivity index (χ1v) is 9.57. The standard InChI is InChI=1S/C23H23N3O3/c1-4-19(27)20-21(17-13-24-18-8-6-5-7-16(17)18)26(23(29)22(20)28)15-11-9-14(10-12-15)25(2)3/h5-13,21,24,28H,4H2,1-3H3. The van der Waals surface area contributed by atoms with E-state index in [2.05, 4.69) is 4.98 Å². The number of aromatic nitrogens is 1. The van der Waals surface area contributed by atoms with Crippen molar-refractivity contribution >= 4 is 34.0 Å². The Bertz CT molecular complexity index is 1130. The summed E-state index contributed by atoms with van der Waals surface area (Å²) in [6, 6.07) is 14.5. The van der Waals surface area contributed by atoms with Gasteiger partial charge in [-0.05, 0) is 30.3 Å². The van der Waals surface area contributed by atoms with Gasteiger partial charge in [-0.3, -0.25) is 14.5 Å². The molecule has 29 heavy (non-hydrogen) atoms. The van der Waals surface area contributed by atoms with E-state index in [4.69, 9.17) is 0 Å². The third-order valence-electron chi connectivity index (χ3n) is 5.39. The number of aromatic amines is 1. The van der Waals surface area contributed by atoms with Crippen molar-refractivity contribution in [2.75, 3.05) is 23.9 Å². The van der Waals surface area contributed by atoms with Crippen LogP contribution in [0.5, 0.6) is 0 Å². The van der Waals surface area contributed by atoms with E-state index in [0.717, 1.165) is 22.2 Å². The highest BCUT2D eigenvalue weighted by molar-refractivity contribution is 6.17. The van der Waals surface area contributed by atoms with Crippen LogP contribution < -0.4 is 9.80 Å². The minimum Gasteiger partial charge on any atom is -0.503 e. The Kier molecular flexibility index (Phi) is 4.62. The molecule has 1 unspecified atom stereocenters. The molecule has 3 aromatic rings. The number of rotatable bonds is 5. The van der Waals surface area contributed by atoms with Crippen LogP contribution in [0.4, 0.5) is 11.4 Å². The molecule has 6 nitrogen and oxygen atoms in total. The first kappa shape index (κ1) is 18.8. The number of nitrogens with zero attached hydrogens (tertiary/aromatic N) is 2. The van der Waals surface area contributed by atoms with Gasteiger partial charge >= 0.3 is 0 Å². The van der Waals surface area contributed by atoms with Crippen molar-refractivity contribution in [3.8, 4) is 0 Å². The Morgan fingerprint density at radius 3 is 2.48 bits per heavy atom. The van der Waals surface area contributed by atoms with Crippen LogP contribution in [-0.2, 0) is 9.59 Å². The molecule has 0 saturated heterocycles. The molecule has 148 valence electrons. The van der Waals surface area contributed by atoms with Crippen LogP contribution in [0, 0.1) is 0 Å². The van der Waals surface area contributed by atoms with E-state index in [9.17, 15) is 14.7 Å². The lowest BCUT2D eigenvalue weighted by Crippen LogP contribution is -2.31. The first-order valence-electron chi connectivity index (χ1n) is 9.57. The molecule has 1 aliphatic heterocycles. The maximum atomic E-state index is 13.0. The Hall–Kier alpha value is -3.54. The molecule has 0 aliphatic carbocycles. The molecule has 0 radical (unpaired) electrons. The second kappa shape index (κ2) is 7.13. The molecule has 2 N–H and O–H groups in total. The van der Waals surface area contributed by atoms with Gasteiger partial charge in [0.05, 0.1) is 11.6 Å². The zero-order valence-corrected chi connectivity index (χ0v) is 16.6. The molecule has 1 amide bonds. The number of ketones is 1. The molecule has 2 aromatic carbocycles. The van der Waals surface area contributed by atoms with Crippen molar-refractivity contribution < 1.29 is 14.7 Å². The molecule has 2 heterocycles. The summed E-state index contributed by atoms with van der Waals surface area (Å²) in [4.78, 5) is 32.4. The number of hydrogen-bond donors (Lipinski definition) is 2. The van der Waals surface area contributed by atoms with Crippen molar-refractivity contribution in [2.24, 2.45) is 0 Å². The number of aliphatic hydroxyl groups excluding tert-OH is 1. The molecular formula is C23H23N3O3. The summed E-state index contributed by atoms with van der Waals surface area (Å²) in [5, 5.41) is 11.5. The molecular weight excluding hydrogens is 366 g/mol. The highest BCUT2D eigenvalue weighted by atomic mass is 16.3. The van der Waals surface area contributed by atoms with Crippen molar-refractivity contribution in [1.82, 2.24) is 4.98 Å². The minimum atomic E-state index is -0.684. The van der Waals surface area contributed by atoms with E-state index in [1.807, 2.05) is 73.7 Å². The monoisotopic (exact) mass is 389 g/mol. The number of H-pyrrole nitrogens is 1. The number of nitrogens with one attached hydrogen (secondary N) is 1. The number of hydrogen-bond acceptors (Lipinski definition) is 4. The third kappa shape index (κ3) is 2.97. The average Bonchev–Trinajstić information content (AvgIpc) is 3.26. The van der Waals surface area contributed by atoms with Gasteiger partial charge in [0.15, 0.2) is 11.5 Å². The van der Waals surface area contributed by atoms with Crippen LogP contribution in [0.1, 0.15) is 24.9 Å². The lowest BCUT2D eigenvalue weighted by atomic mass is 9.94. The second-order valence-electron chi connectivity index (χ2n) is 7.32. The Morgan fingerprint density at radius 2 is 1.83 bits per heavy atom. The summed E-state index contributed by atoms with van der Waals surface area (Å²) < 4.78 is 0. The summed E-state index contributed by atoms with van der Waals surface area (Å²) in [7, 11) is 3.88. The molecule has 0 fully saturated rings. The second-order valence-corrected chi connectivity index (χ2v) is 7.32. The Morgan fingerprint density at radius 1 is 1.14 bits per heavy atom. The summed E-state index contributed by atoms with van der Waals surface area (Å²) >= 11 is 0. The Balaban J connectivity index is 1.90. The third-order valence-corrected chi connectivity index (χ3v) is 5.39. The summed E-state index contributed by atoms with van der Waals surface area (Å²) in [6.07, 6.45) is 2.02. The highest BCUT2D eigenvalue weighted by Crippen LogP contribution is 2.43. The summed E-state index contributed by atoms with van der Waals surface area (Å²) in [6.45, 7) is 1.73. The summed E-state index contributed by atoms with van der Waals surface area (Å²) in [5.41, 5.74) is 3.46. The highest BCUT2D eigenvalue weighted by Gasteiger charge is 2.44. The molecule has 0 bridgehead atoms. The molecule has 0 spiro atoms. The number of carbonyl (C=O) groups is 2. The number of anilines is 2. The van der Waals surface area contributed by atoms with E-state index in [-0.39, 0.29) is 17.8 Å². The number of fused-ring (bicyclic) bond motifs is 1. The predicted molar refractivity (Wildman–Crippen MR) is 114 cm³/mol. The van der Waals surface area contributed by atoms with Crippen LogP contribution in [0.3, 0.4) is 0 Å². The smallest absolute Gasteiger partial charge is 0.294 e. The largest absolute Gasteiger partial charge is 0.503 e. The minimum absolute atomic E-state index is 0.152. The molecule has 1 atom stereocenters. The van der Waals surface area contributed by atoms with Gasteiger partial charge < -0.3 is 15.0 Å². The zero-order valence-electron chi connectivity index (χ0n) is 16.6. The van der Waals surface area contributed by atoms with Crippen molar-refractivity contribution in [2.45, 2.75) is 19.4 Å². The molecule has 4 rings (SSSR count). The van der Waals surface area contributed by atoms with Gasteiger partial charge in [-0.1, -0.05) is 25.1 Å². The Labute approximate surface area is 169 Å². The molecule has 1 aliphatic rings. The first-order chi connectivity index (χ1) is 13.9. The summed E-state index contributed by atoms with van der Waals surface area (Å²) in [5.74, 6) is -1.27. The van der Waals surface area contributed by atoms with E-state index >= 15 is 0 Å². The quantitative estimate of drug-likeness (QED) is 0.688. The van der Waals surface area contributed by atoms with Crippen molar-refractivity contribution in [1.29, 1.82) is 0 Å². The van der Waals surface area contributed by atoms with Crippen LogP contribution >= 0.6 is 0 Å². The lowest BCUT2D eigenvalue weighted by Gasteiger charge is -2.27. The van der Waals surface area contributed by atoms with E-state index in [1.165, 1.54) is 4.90 Å². The van der Waals surface area contributed by atoms with E-state index in [1.54, 1.807) is 6.92 Å². The molecule has 1 aromatic heterocycles. The van der Waals surface area contributed by atoms with E-state index < -0.39 is 17.7 Å². The van der Waals surface area contributed by atoms with E-state index in [0.29, 0.717) is 5.69 Å². The topological polar surface area (TPSA) is 76.6 Å². The van der Waals surface area contributed by atoms with Crippen LogP contribution in [0.2, 0.25) is 0 Å². The SMILES string of the molecule is CCC(=O)C1=C(O)C(=O)N(c2ccc(N(C)C)cc2)C1c1c[nH]c2ccccc12. The number of aliphatic hydroxyl groups is 1. The van der Waals surface area contributed by atoms with Gasteiger partial charge in [0, 0.05) is 54.6 Å². The molecule has 6 heteroatoms. The van der Waals surface area contributed by atoms with Crippen LogP contribution in [-0.4, -0.2) is 35.9 Å². The van der Waals surface area contributed by atoms with Gasteiger partial charge in [-0.25, -0.2) is 0 Å². The number of amides is 1. The number of benzene rings is 2. The van der Waals surface area contributed by atoms with Crippen LogP contribution in [0.25, 0.3) is 10.9 Å². The lowest BCUT2D eigenvalue weighted by molar-refractivity contribution is -0.118. The fourth-order valence-corrected chi connectivity index (χ4v) is 3.87. The fraction of sp³-hybridized carbons (Fsp3) is 0.217. The average molecular weight is 389 g/mol. The fourth-order valence-electron chi connectivity index (χ4n) is 3.87. The zero-order chi connectivity index (χ0) is 20.7. The van der Waals surface area contributed by atoms with Gasteiger partial charge in [-0.2, -0.15) is 0 Å². The van der Waals surface area contributed by atoms with Gasteiger partial charge in [0.25, 0.3) is 5.91 Å². The van der Waals surface area contributed by atoms with Crippen LogP contribution in [0.15, 0.2) is 66.1 Å². The van der Waals surface area contributed by atoms with Gasteiger partial charge in [-0.15, -0.1) is 0 Å². The molecule has 0 saturated carbocycles.